The Morgan fingerprint density at radius 1 is 1.04 bits per heavy atom. The maximum absolute atomic E-state index is 13.2. The van der Waals surface area contributed by atoms with Crippen LogP contribution in [0, 0.1) is 5.82 Å². The van der Waals surface area contributed by atoms with E-state index in [0.717, 1.165) is 6.26 Å². The molecule has 24 heavy (non-hydrogen) atoms. The molecule has 0 atom stereocenters. The second-order valence-corrected chi connectivity index (χ2v) is 7.31. The molecule has 1 N–H and O–H groups in total. The van der Waals surface area contributed by atoms with E-state index in [1.54, 1.807) is 12.1 Å². The van der Waals surface area contributed by atoms with Gasteiger partial charge in [-0.3, -0.25) is 4.79 Å². The van der Waals surface area contributed by atoms with E-state index in [2.05, 4.69) is 0 Å². The average Bonchev–Trinajstić information content (AvgIpc) is 2.55. The second-order valence-electron chi connectivity index (χ2n) is 5.30. The third-order valence-corrected chi connectivity index (χ3v) is 4.68. The van der Waals surface area contributed by atoms with Crippen molar-refractivity contribution >= 4 is 21.7 Å². The van der Waals surface area contributed by atoms with Crippen LogP contribution in [0.5, 0.6) is 0 Å². The monoisotopic (exact) mass is 348 g/mol. The highest BCUT2D eigenvalue weighted by Gasteiger charge is 2.13. The molecular formula is C18H17FO4S. The number of benzene rings is 2. The Morgan fingerprint density at radius 3 is 1.96 bits per heavy atom. The number of rotatable bonds is 6. The summed E-state index contributed by atoms with van der Waals surface area (Å²) in [4.78, 5) is 11.6. The number of aldehydes is 1. The third-order valence-electron chi connectivity index (χ3n) is 3.55. The minimum absolute atomic E-state index is 0.143. The van der Waals surface area contributed by atoms with Gasteiger partial charge in [0.2, 0.25) is 0 Å². The van der Waals surface area contributed by atoms with Gasteiger partial charge in [0.05, 0.1) is 4.90 Å². The number of halogens is 1. The number of aliphatic hydroxyl groups excluding tert-OH is 1. The molecular weight excluding hydrogens is 331 g/mol. The van der Waals surface area contributed by atoms with E-state index in [-0.39, 0.29) is 17.9 Å². The topological polar surface area (TPSA) is 71.4 Å². The fourth-order valence-electron chi connectivity index (χ4n) is 2.39. The van der Waals surface area contributed by atoms with E-state index in [1.165, 1.54) is 36.4 Å². The van der Waals surface area contributed by atoms with Gasteiger partial charge in [0, 0.05) is 18.4 Å². The largest absolute Gasteiger partial charge is 0.396 e. The summed E-state index contributed by atoms with van der Waals surface area (Å²) < 4.78 is 36.3. The average molecular weight is 348 g/mol. The van der Waals surface area contributed by atoms with Gasteiger partial charge >= 0.3 is 0 Å². The van der Waals surface area contributed by atoms with E-state index < -0.39 is 15.7 Å². The van der Waals surface area contributed by atoms with Crippen LogP contribution in [-0.2, 0) is 14.6 Å². The fourth-order valence-corrected chi connectivity index (χ4v) is 3.02. The van der Waals surface area contributed by atoms with Gasteiger partial charge in [-0.2, -0.15) is 0 Å². The van der Waals surface area contributed by atoms with E-state index in [1.807, 2.05) is 0 Å². The van der Waals surface area contributed by atoms with Gasteiger partial charge < -0.3 is 5.11 Å². The number of carbonyl (C=O) groups is 1. The first-order valence-electron chi connectivity index (χ1n) is 7.22. The molecule has 0 aliphatic heterocycles. The first-order valence-corrected chi connectivity index (χ1v) is 9.11. The van der Waals surface area contributed by atoms with Crippen LogP contribution in [0.3, 0.4) is 0 Å². The Kier molecular flexibility index (Phi) is 5.64. The number of carbonyl (C=O) groups excluding carboxylic acids is 1. The molecule has 6 heteroatoms. The maximum atomic E-state index is 13.2. The quantitative estimate of drug-likeness (QED) is 0.643. The van der Waals surface area contributed by atoms with Crippen molar-refractivity contribution in [1.29, 1.82) is 0 Å². The summed E-state index contributed by atoms with van der Waals surface area (Å²) in [6, 6.07) is 11.7. The van der Waals surface area contributed by atoms with Gasteiger partial charge in [0.1, 0.15) is 12.1 Å². The summed E-state index contributed by atoms with van der Waals surface area (Å²) in [5.74, 6) is -0.402. The van der Waals surface area contributed by atoms with E-state index in [0.29, 0.717) is 28.6 Å². The highest BCUT2D eigenvalue weighted by Crippen LogP contribution is 2.28. The Bertz CT molecular complexity index is 851. The molecule has 0 heterocycles. The summed E-state index contributed by atoms with van der Waals surface area (Å²) in [5.41, 5.74) is 2.12. The summed E-state index contributed by atoms with van der Waals surface area (Å²) in [7, 11) is -3.33. The second kappa shape index (κ2) is 7.51. The van der Waals surface area contributed by atoms with Crippen molar-refractivity contribution < 1.29 is 22.7 Å². The zero-order valence-corrected chi connectivity index (χ0v) is 13.9. The number of hydrogen-bond acceptors (Lipinski definition) is 4. The highest BCUT2D eigenvalue weighted by molar-refractivity contribution is 7.90. The predicted molar refractivity (Wildman–Crippen MR) is 89.7 cm³/mol. The van der Waals surface area contributed by atoms with Crippen molar-refractivity contribution in [1.82, 2.24) is 0 Å². The van der Waals surface area contributed by atoms with Gasteiger partial charge in [0.15, 0.2) is 9.84 Å². The summed E-state index contributed by atoms with van der Waals surface area (Å²) in [5, 5.41) is 9.17. The summed E-state index contributed by atoms with van der Waals surface area (Å²) in [6.07, 6.45) is 1.91. The van der Waals surface area contributed by atoms with Gasteiger partial charge in [-0.25, -0.2) is 12.8 Å². The van der Waals surface area contributed by atoms with E-state index >= 15 is 0 Å². The molecule has 126 valence electrons. The van der Waals surface area contributed by atoms with Crippen LogP contribution < -0.4 is 0 Å². The molecule has 0 fully saturated rings. The van der Waals surface area contributed by atoms with Gasteiger partial charge in [0.25, 0.3) is 0 Å². The lowest BCUT2D eigenvalue weighted by Gasteiger charge is -2.13. The molecule has 0 unspecified atom stereocenters. The van der Waals surface area contributed by atoms with Crippen LogP contribution >= 0.6 is 0 Å². The van der Waals surface area contributed by atoms with Crippen LogP contribution in [0.1, 0.15) is 17.5 Å². The lowest BCUT2D eigenvalue weighted by atomic mass is 9.92. The molecule has 4 nitrogen and oxygen atoms in total. The van der Waals surface area contributed by atoms with E-state index in [9.17, 15) is 22.7 Å². The van der Waals surface area contributed by atoms with Crippen molar-refractivity contribution in [3.05, 3.63) is 71.0 Å². The maximum Gasteiger partial charge on any atom is 0.175 e. The molecule has 0 aliphatic rings. The van der Waals surface area contributed by atoms with Crippen molar-refractivity contribution in [3.63, 3.8) is 0 Å². The highest BCUT2D eigenvalue weighted by atomic mass is 32.2. The molecule has 0 bridgehead atoms. The molecule has 0 amide bonds. The van der Waals surface area contributed by atoms with Crippen molar-refractivity contribution in [2.45, 2.75) is 11.3 Å². The zero-order valence-electron chi connectivity index (χ0n) is 13.1. The normalized spacial score (nSPS) is 12.6. The molecule has 0 saturated carbocycles. The number of sulfone groups is 1. The molecule has 0 spiro atoms. The minimum atomic E-state index is -3.33. The standard InChI is InChI=1S/C18H17FO4S/c1-24(22,23)17-8-4-14(5-9-17)18(15(12-21)10-11-20)13-2-6-16(19)7-3-13/h2-9,12,20H,10-11H2,1H3/b18-15+. The van der Waals surface area contributed by atoms with Crippen molar-refractivity contribution in [2.75, 3.05) is 12.9 Å². The molecule has 0 saturated heterocycles. The first kappa shape index (κ1) is 18.0. The van der Waals surface area contributed by atoms with Gasteiger partial charge in [-0.05, 0) is 47.4 Å². The molecule has 2 aromatic carbocycles. The molecule has 0 aromatic heterocycles. The summed E-state index contributed by atoms with van der Waals surface area (Å²) >= 11 is 0. The summed E-state index contributed by atoms with van der Waals surface area (Å²) in [6.45, 7) is -0.208. The third kappa shape index (κ3) is 4.15. The SMILES string of the molecule is CS(=O)(=O)c1ccc(/C(=C(/C=O)CCO)c2ccc(F)cc2)cc1. The first-order chi connectivity index (χ1) is 11.4. The molecule has 2 rings (SSSR count). The Balaban J connectivity index is 2.62. The van der Waals surface area contributed by atoms with Gasteiger partial charge in [-0.15, -0.1) is 0 Å². The van der Waals surface area contributed by atoms with Gasteiger partial charge in [-0.1, -0.05) is 24.3 Å². The lowest BCUT2D eigenvalue weighted by molar-refractivity contribution is -0.105. The molecule has 2 aromatic rings. The number of hydrogen-bond donors (Lipinski definition) is 1. The Hall–Kier alpha value is -2.31. The minimum Gasteiger partial charge on any atom is -0.396 e. The smallest absolute Gasteiger partial charge is 0.175 e. The number of aliphatic hydroxyl groups is 1. The Labute approximate surface area is 140 Å². The van der Waals surface area contributed by atoms with Crippen LogP contribution in [-0.4, -0.2) is 32.7 Å². The van der Waals surface area contributed by atoms with E-state index in [4.69, 9.17) is 0 Å². The van der Waals surface area contributed by atoms with Crippen LogP contribution in [0.15, 0.2) is 59.0 Å². The molecule has 0 aliphatic carbocycles. The zero-order chi connectivity index (χ0) is 17.7. The fraction of sp³-hybridized carbons (Fsp3) is 0.167. The lowest BCUT2D eigenvalue weighted by Crippen LogP contribution is -2.01. The van der Waals surface area contributed by atoms with Crippen LogP contribution in [0.25, 0.3) is 5.57 Å². The molecule has 0 radical (unpaired) electrons. The van der Waals surface area contributed by atoms with Crippen LogP contribution in [0.4, 0.5) is 4.39 Å². The van der Waals surface area contributed by atoms with Crippen LogP contribution in [0.2, 0.25) is 0 Å². The van der Waals surface area contributed by atoms with Crippen molar-refractivity contribution in [2.24, 2.45) is 0 Å². The van der Waals surface area contributed by atoms with Crippen molar-refractivity contribution in [3.8, 4) is 0 Å². The predicted octanol–water partition coefficient (Wildman–Crippen LogP) is 2.61. The Morgan fingerprint density at radius 2 is 1.54 bits per heavy atom.